The third kappa shape index (κ3) is 14.0. The third-order valence-corrected chi connectivity index (χ3v) is 32.7. The number of thioether (sulfide) groups is 1. The van der Waals surface area contributed by atoms with Crippen molar-refractivity contribution in [3.8, 4) is 57.8 Å². The summed E-state index contributed by atoms with van der Waals surface area (Å²) in [6.45, 7) is 19.6. The Morgan fingerprint density at radius 3 is 1.91 bits per heavy atom. The molecule has 134 heavy (non-hydrogen) atoms. The fourth-order valence-electron chi connectivity index (χ4n) is 24.6. The fraction of sp³-hybridized carbons (Fsp3) is 0.526. The second-order valence-electron chi connectivity index (χ2n) is 37.8. The van der Waals surface area contributed by atoms with Crippen molar-refractivity contribution in [3.63, 3.8) is 0 Å². The van der Waals surface area contributed by atoms with Crippen LogP contribution in [-0.4, -0.2) is 302 Å². The number of hydrogen-bond acceptors (Lipinski definition) is 35. The van der Waals surface area contributed by atoms with E-state index < -0.39 is 155 Å². The minimum Gasteiger partial charge on any atom is -0.508 e. The number of phenols is 4. The van der Waals surface area contributed by atoms with E-state index in [2.05, 4.69) is 26.9 Å². The van der Waals surface area contributed by atoms with Crippen LogP contribution in [0.15, 0.2) is 85.3 Å². The van der Waals surface area contributed by atoms with Gasteiger partial charge < -0.3 is 95.1 Å². The Kier molecular flexibility index (Phi) is 24.8. The molecule has 0 aromatic heterocycles. The molecule has 16 aliphatic rings. The number of hydrogen-bond donors (Lipinski definition) is 12. The molecule has 13 aliphatic heterocycles. The number of aliphatic hydroxyl groups is 4. The van der Waals surface area contributed by atoms with E-state index in [1.807, 2.05) is 71.5 Å². The number of piperazine rings is 3. The molecule has 37 heteroatoms. The molecule has 3 aliphatic carbocycles. The number of aliphatic hydroxyl groups excluding tert-OH is 4. The van der Waals surface area contributed by atoms with Crippen LogP contribution in [0.4, 0.5) is 0 Å². The Bertz CT molecular complexity index is 6060. The number of Topliss-reactive ketones (excluding diaryl/α,β-unsaturated/α-hetero) is 5. The molecule has 3 unspecified atom stereocenters. The average molecular weight is 1870 g/mol. The molecule has 4 saturated heterocycles. The van der Waals surface area contributed by atoms with Crippen molar-refractivity contribution in [3.05, 3.63) is 152 Å². The Balaban J connectivity index is 0.000000142. The zero-order valence-corrected chi connectivity index (χ0v) is 79.0. The Hall–Kier alpha value is -10.9. The summed E-state index contributed by atoms with van der Waals surface area (Å²) < 4.78 is 47.1. The zero-order valence-electron chi connectivity index (χ0n) is 78.2. The highest BCUT2D eigenvalue weighted by molar-refractivity contribution is 7.99. The Morgan fingerprint density at radius 1 is 0.619 bits per heavy atom. The summed E-state index contributed by atoms with van der Waals surface area (Å²) in [4.78, 5) is 130. The van der Waals surface area contributed by atoms with Gasteiger partial charge >= 0.3 is 11.9 Å². The van der Waals surface area contributed by atoms with Crippen molar-refractivity contribution in [1.29, 1.82) is 5.26 Å². The molecule has 0 saturated carbocycles. The van der Waals surface area contributed by atoms with Gasteiger partial charge in [0.05, 0.1) is 99.2 Å². The number of rotatable bonds is 11. The van der Waals surface area contributed by atoms with Gasteiger partial charge in [-0.05, 0) is 185 Å². The Morgan fingerprint density at radius 2 is 1.25 bits per heavy atom. The van der Waals surface area contributed by atoms with Crippen LogP contribution in [-0.2, 0) is 75.7 Å². The molecule has 21 atom stereocenters. The van der Waals surface area contributed by atoms with E-state index in [0.717, 1.165) is 29.2 Å². The maximum atomic E-state index is 14.6. The lowest BCUT2D eigenvalue weighted by Gasteiger charge is -2.62. The summed E-state index contributed by atoms with van der Waals surface area (Å²) in [6.07, 6.45) is -3.50. The van der Waals surface area contributed by atoms with Crippen LogP contribution < -0.4 is 45.4 Å². The molecule has 36 nitrogen and oxygen atoms in total. The molecule has 0 radical (unpaired) electrons. The number of allylic oxidation sites excluding steroid dienone is 4. The number of carbonyl (C=O) groups excluding carboxylic acids is 9. The lowest BCUT2D eigenvalue weighted by atomic mass is 9.67. The number of esters is 2. The number of nitrogens with two attached hydrogens (primary N) is 1. The summed E-state index contributed by atoms with van der Waals surface area (Å²) in [5, 5.41) is 112. The normalized spacial score (nSPS) is 31.4. The molecule has 4 aromatic carbocycles. The smallest absolute Gasteiger partial charge is 0.331 e. The van der Waals surface area contributed by atoms with Gasteiger partial charge in [0.1, 0.15) is 48.5 Å². The number of fused-ring (bicyclic) bond motifs is 20. The maximum Gasteiger partial charge on any atom is 0.331 e. The van der Waals surface area contributed by atoms with Gasteiger partial charge in [-0.25, -0.2) is 4.79 Å². The van der Waals surface area contributed by atoms with Gasteiger partial charge in [0.15, 0.2) is 63.1 Å². The quantitative estimate of drug-likeness (QED) is 0.0252. The van der Waals surface area contributed by atoms with Crippen LogP contribution in [0.1, 0.15) is 171 Å². The predicted molar refractivity (Wildman–Crippen MR) is 481 cm³/mol. The minimum absolute atomic E-state index is 0.0188. The van der Waals surface area contributed by atoms with Crippen LogP contribution in [0.3, 0.4) is 0 Å². The van der Waals surface area contributed by atoms with Gasteiger partial charge in [-0.1, -0.05) is 6.07 Å². The molecular weight excluding hydrogens is 1750 g/mol. The maximum absolute atomic E-state index is 14.6. The monoisotopic (exact) mass is 1870 g/mol. The molecule has 1 spiro atoms. The number of aryl methyl sites for hydroxylation is 2. The summed E-state index contributed by atoms with van der Waals surface area (Å²) >= 11 is 1.50. The lowest BCUT2D eigenvalue weighted by Crippen LogP contribution is -2.74. The number of aromatic hydroxyl groups is 4. The van der Waals surface area contributed by atoms with Crippen molar-refractivity contribution >= 4 is 64.4 Å². The molecule has 4 aromatic rings. The third-order valence-electron chi connectivity index (χ3n) is 31.2. The van der Waals surface area contributed by atoms with Crippen molar-refractivity contribution < 1.29 is 122 Å². The number of carbonyl (C=O) groups is 9. The number of benzene rings is 4. The van der Waals surface area contributed by atoms with Crippen LogP contribution >= 0.6 is 11.8 Å². The van der Waals surface area contributed by atoms with Crippen LogP contribution in [0.25, 0.3) is 0 Å². The summed E-state index contributed by atoms with van der Waals surface area (Å²) in [5.74, 6) is -2.37. The zero-order chi connectivity index (χ0) is 96.9. The molecule has 714 valence electrons. The highest BCUT2D eigenvalue weighted by atomic mass is 32.2. The van der Waals surface area contributed by atoms with Gasteiger partial charge in [-0.3, -0.25) is 73.1 Å². The van der Waals surface area contributed by atoms with Crippen molar-refractivity contribution in [1.82, 2.24) is 45.3 Å². The van der Waals surface area contributed by atoms with Crippen LogP contribution in [0, 0.1) is 39.0 Å². The second kappa shape index (κ2) is 35.0. The number of nitrogens with zero attached hydrogens (tertiary/aromatic N) is 7. The molecule has 4 fully saturated rings. The highest BCUT2D eigenvalue weighted by Gasteiger charge is 2.66. The van der Waals surface area contributed by atoms with E-state index in [1.54, 1.807) is 68.7 Å². The number of amides is 2. The molecular formula is C97H115N11O25S. The van der Waals surface area contributed by atoms with E-state index in [0.29, 0.717) is 120 Å². The van der Waals surface area contributed by atoms with E-state index >= 15 is 0 Å². The number of nitriles is 1. The number of methoxy groups -OCH3 is 4. The largest absolute Gasteiger partial charge is 0.508 e. The first-order valence-electron chi connectivity index (χ1n) is 45.0. The number of nitrogens with one attached hydrogen (secondary N) is 3. The summed E-state index contributed by atoms with van der Waals surface area (Å²) in [7, 11) is 11.4. The molecule has 13 heterocycles. The average Bonchev–Trinajstić information content (AvgIpc) is 1.00. The van der Waals surface area contributed by atoms with Gasteiger partial charge in [0.25, 0.3) is 5.91 Å². The minimum atomic E-state index is -1.28. The van der Waals surface area contributed by atoms with Gasteiger partial charge in [-0.2, -0.15) is 5.26 Å². The summed E-state index contributed by atoms with van der Waals surface area (Å²) in [5.41, 5.74) is 16.6. The van der Waals surface area contributed by atoms with E-state index in [4.69, 9.17) is 43.6 Å². The van der Waals surface area contributed by atoms with Crippen molar-refractivity contribution in [2.45, 2.75) is 241 Å². The second-order valence-corrected chi connectivity index (χ2v) is 38.9. The number of ketones is 5. The first-order valence-corrected chi connectivity index (χ1v) is 46.0. The molecule has 20 rings (SSSR count). The highest BCUT2D eigenvalue weighted by Crippen LogP contribution is 2.66. The molecule has 13 N–H and O–H groups in total. The SMILES string of the molecule is COC1=C(C)C(=O)C2=C(C1=O)[C@@H]1[C@@H]3CC4=C(C(=O)C(C)=C(C)C4=O)[C@H](CNC(=O)C(C)=O)N3[C@@H](C#N)[C@H](C2)N1C.COc1c(C)c(O)c2c(c1O)[C@@H]1[C@@H]3CC4=C(C(O)C(C)=C(C)C4O)[C@H](CNC(=O)[C@H](C)N)N3[C@@H](O)[C@H]([C@H]2OC)N1C.COc1c(C)cc2c(c1O)[C@@H]1[C@@H]3[C@@H]4SCC5(NCCc6cc(O)c(C)cc65)C(=O)OC[C@@H](c5c6c(c(C)c(OC(C)=O)c54)OCO6)N3[C@@H](O)[C@H](C2)N1C. The molecule has 8 bridgehead atoms. The van der Waals surface area contributed by atoms with Crippen LogP contribution in [0.2, 0.25) is 0 Å². The fourth-order valence-corrected chi connectivity index (χ4v) is 26.3. The predicted octanol–water partition coefficient (Wildman–Crippen LogP) is 4.04. The van der Waals surface area contributed by atoms with Crippen molar-refractivity contribution in [2.75, 3.05) is 88.4 Å². The van der Waals surface area contributed by atoms with Gasteiger partial charge in [0, 0.05) is 148 Å². The van der Waals surface area contributed by atoms with Gasteiger partial charge in [-0.15, -0.1) is 11.8 Å². The molecule has 2 amide bonds. The standard InChI is InChI=1S/C39H43N3O10S.C29H42N4O8.C29H30N4O7/c1-16-10-22-20(12-25(16)44)7-8-40-39(22)14-53-36-28-27(35-34(50-15-51-35)18(3)33(28)52-19(4)43)24(13-49-38(39)47)42-30(36)29-26-21(11-23(37(42)46)41(29)5)9-17(2)32(48-6)31(26)45;1-10-11(2)23(35)17-14(22(10)34)8-15-20-18-19(24(36)12(3)26(40-6)25(18)37)27(41-7)21(32(20)5)29(39)33(15)16(17)9-31-28(38)13(4)30;1-11-12(2)26(37)21-15(24(11)35)8-18-23-22-16(25(36)13(3)28(40-6)27(22)38)7-17(32(23)5)19(9-30)33(18)20(21)10-31-29(39)14(4)34/h9-10,12,23-24,29-30,36-37,40,44-46H,7-8,11,13-15H2,1-6H3;13,15-16,20-23,27,29,34-37,39H,8-9,30H2,1-7H3,(H,31,38);17-20,23H,7-8,10H2,1-6H3,(H,31,39)/t23-,24-,29+,30+,36+,37-,39?;13-,15-,16-,20-,21-,22?,23?,27-,29-;17-,18-,19-,20-,23-/m000/s1. The van der Waals surface area contributed by atoms with E-state index in [-0.39, 0.29) is 137 Å². The lowest BCUT2D eigenvalue weighted by molar-refractivity contribution is -0.199. The topological polar surface area (TPSA) is 495 Å². The first kappa shape index (κ1) is 94.8. The Labute approximate surface area is 778 Å². The van der Waals surface area contributed by atoms with Crippen molar-refractivity contribution in [2.24, 2.45) is 5.73 Å². The number of phenolic OH excluding ortho intramolecular Hbond substituents is 4. The van der Waals surface area contributed by atoms with E-state index in [1.165, 1.54) is 40.0 Å². The first-order chi connectivity index (χ1) is 63.5. The van der Waals surface area contributed by atoms with Crippen LogP contribution in [0.5, 0.6) is 51.7 Å². The number of likely N-dealkylation sites (N-methyl/N-ethyl adjacent to an activating group) is 3. The van der Waals surface area contributed by atoms with E-state index in [9.17, 15) is 89.3 Å². The summed E-state index contributed by atoms with van der Waals surface area (Å²) in [6, 6.07) is -1.08. The van der Waals surface area contributed by atoms with Gasteiger partial charge in [0.2, 0.25) is 24.3 Å². The number of ether oxygens (including phenoxy) is 8.